The van der Waals surface area contributed by atoms with Crippen LogP contribution in [0.5, 0.6) is 0 Å². The fraction of sp³-hybridized carbons (Fsp3) is 0.500. The van der Waals surface area contributed by atoms with E-state index in [1.54, 1.807) is 6.07 Å². The van der Waals surface area contributed by atoms with Gasteiger partial charge in [0.1, 0.15) is 11.1 Å². The first-order chi connectivity index (χ1) is 12.2. The van der Waals surface area contributed by atoms with Gasteiger partial charge in [0.05, 0.1) is 6.17 Å². The second-order valence-corrected chi connectivity index (χ2v) is 6.60. The maximum atomic E-state index is 11.9. The molecule has 3 rings (SSSR count). The highest BCUT2D eigenvalue weighted by atomic mass is 16.4. The largest absolute Gasteiger partial charge is 0.422 e. The van der Waals surface area contributed by atoms with Crippen molar-refractivity contribution in [1.82, 2.24) is 9.80 Å². The molecule has 0 saturated carbocycles. The molecule has 0 N–H and O–H groups in total. The van der Waals surface area contributed by atoms with Gasteiger partial charge in [-0.25, -0.2) is 4.79 Å². The van der Waals surface area contributed by atoms with E-state index in [2.05, 4.69) is 29.7 Å². The number of piperidine rings is 1. The zero-order chi connectivity index (χ0) is 17.8. The second-order valence-electron chi connectivity index (χ2n) is 6.60. The van der Waals surface area contributed by atoms with E-state index in [-0.39, 0.29) is 11.7 Å². The van der Waals surface area contributed by atoms with E-state index in [9.17, 15) is 9.59 Å². The third-order valence-corrected chi connectivity index (χ3v) is 5.11. The highest BCUT2D eigenvalue weighted by Gasteiger charge is 2.26. The van der Waals surface area contributed by atoms with Crippen molar-refractivity contribution in [2.75, 3.05) is 26.2 Å². The molecule has 0 spiro atoms. The normalized spacial score (nSPS) is 17.1. The molecule has 0 aliphatic carbocycles. The van der Waals surface area contributed by atoms with Gasteiger partial charge in [-0.2, -0.15) is 0 Å². The Hall–Kier alpha value is -1.98. The van der Waals surface area contributed by atoms with Crippen LogP contribution < -0.4 is 5.63 Å². The smallest absolute Gasteiger partial charge is 0.346 e. The number of nitrogens with zero attached hydrogens (tertiary/aromatic N) is 2. The molecule has 0 bridgehead atoms. The van der Waals surface area contributed by atoms with Crippen LogP contribution in [0.1, 0.15) is 55.2 Å². The molecule has 5 heteroatoms. The molecule has 2 aromatic rings. The standard InChI is InChI=1S/C20H26N2O3/c1-3-21(4-2)19(22-10-6-5-7-11-22)16-9-8-15-12-17(14-23)20(24)25-18(15)13-16/h8-9,12-14,19H,3-7,10-11H2,1-2H3. The molecular formula is C20H26N2O3. The molecule has 0 amide bonds. The monoisotopic (exact) mass is 342 g/mol. The third kappa shape index (κ3) is 3.67. The van der Waals surface area contributed by atoms with E-state index < -0.39 is 5.63 Å². The number of likely N-dealkylation sites (tertiary alicyclic amines) is 1. The summed E-state index contributed by atoms with van der Waals surface area (Å²) < 4.78 is 5.39. The molecule has 25 heavy (non-hydrogen) atoms. The Bertz CT molecular complexity index is 789. The maximum Gasteiger partial charge on any atom is 0.346 e. The lowest BCUT2D eigenvalue weighted by molar-refractivity contribution is 0.0340. The van der Waals surface area contributed by atoms with Crippen LogP contribution in [-0.2, 0) is 0 Å². The Morgan fingerprint density at radius 1 is 1.16 bits per heavy atom. The molecule has 1 aromatic carbocycles. The molecule has 1 fully saturated rings. The van der Waals surface area contributed by atoms with E-state index in [1.807, 2.05) is 12.1 Å². The van der Waals surface area contributed by atoms with Crippen LogP contribution in [0.25, 0.3) is 11.0 Å². The van der Waals surface area contributed by atoms with Crippen molar-refractivity contribution in [3.05, 3.63) is 45.8 Å². The minimum Gasteiger partial charge on any atom is -0.422 e. The lowest BCUT2D eigenvalue weighted by Gasteiger charge is -2.41. The Kier molecular flexibility index (Phi) is 5.66. The summed E-state index contributed by atoms with van der Waals surface area (Å²) in [7, 11) is 0. The van der Waals surface area contributed by atoms with Crippen molar-refractivity contribution in [2.45, 2.75) is 39.3 Å². The van der Waals surface area contributed by atoms with E-state index >= 15 is 0 Å². The molecule has 1 unspecified atom stereocenters. The van der Waals surface area contributed by atoms with Crippen LogP contribution in [0.2, 0.25) is 0 Å². The SMILES string of the molecule is CCN(CC)C(c1ccc2cc(C=O)c(=O)oc2c1)N1CCCCC1. The fourth-order valence-corrected chi connectivity index (χ4v) is 3.77. The van der Waals surface area contributed by atoms with Gasteiger partial charge in [-0.15, -0.1) is 0 Å². The lowest BCUT2D eigenvalue weighted by Crippen LogP contribution is -2.43. The number of rotatable bonds is 6. The minimum absolute atomic E-state index is 0.0663. The van der Waals surface area contributed by atoms with Gasteiger partial charge in [0.25, 0.3) is 0 Å². The predicted molar refractivity (Wildman–Crippen MR) is 99.0 cm³/mol. The van der Waals surface area contributed by atoms with Gasteiger partial charge in [-0.3, -0.25) is 14.6 Å². The fourth-order valence-electron chi connectivity index (χ4n) is 3.77. The topological polar surface area (TPSA) is 53.8 Å². The number of fused-ring (bicyclic) bond motifs is 1. The molecule has 134 valence electrons. The summed E-state index contributed by atoms with van der Waals surface area (Å²) >= 11 is 0. The van der Waals surface area contributed by atoms with Gasteiger partial charge >= 0.3 is 5.63 Å². The number of carbonyl (C=O) groups excluding carboxylic acids is 1. The molecule has 0 radical (unpaired) electrons. The van der Waals surface area contributed by atoms with Crippen molar-refractivity contribution < 1.29 is 9.21 Å². The number of hydrogen-bond acceptors (Lipinski definition) is 5. The maximum absolute atomic E-state index is 11.9. The number of hydrogen-bond donors (Lipinski definition) is 0. The van der Waals surface area contributed by atoms with Crippen LogP contribution in [0, 0.1) is 0 Å². The zero-order valence-corrected chi connectivity index (χ0v) is 15.0. The number of aldehydes is 1. The van der Waals surface area contributed by atoms with Crippen LogP contribution in [0.4, 0.5) is 0 Å². The van der Waals surface area contributed by atoms with Crippen molar-refractivity contribution in [1.29, 1.82) is 0 Å². The van der Waals surface area contributed by atoms with Crippen LogP contribution >= 0.6 is 0 Å². The van der Waals surface area contributed by atoms with Crippen LogP contribution in [-0.4, -0.2) is 42.3 Å². The average molecular weight is 342 g/mol. The van der Waals surface area contributed by atoms with E-state index in [1.165, 1.54) is 19.3 Å². The first kappa shape index (κ1) is 17.8. The van der Waals surface area contributed by atoms with Gasteiger partial charge in [0.15, 0.2) is 6.29 Å². The van der Waals surface area contributed by atoms with Crippen LogP contribution in [0.15, 0.2) is 33.5 Å². The van der Waals surface area contributed by atoms with E-state index in [4.69, 9.17) is 4.42 Å². The van der Waals surface area contributed by atoms with Crippen LogP contribution in [0.3, 0.4) is 0 Å². The zero-order valence-electron chi connectivity index (χ0n) is 15.0. The Morgan fingerprint density at radius 3 is 2.52 bits per heavy atom. The quantitative estimate of drug-likeness (QED) is 0.595. The summed E-state index contributed by atoms with van der Waals surface area (Å²) in [5, 5.41) is 0.780. The first-order valence-corrected chi connectivity index (χ1v) is 9.19. The molecule has 1 aromatic heterocycles. The Morgan fingerprint density at radius 2 is 1.88 bits per heavy atom. The third-order valence-electron chi connectivity index (χ3n) is 5.11. The number of benzene rings is 1. The van der Waals surface area contributed by atoms with Gasteiger partial charge in [-0.05, 0) is 56.7 Å². The molecule has 1 atom stereocenters. The minimum atomic E-state index is -0.572. The van der Waals surface area contributed by atoms with Gasteiger partial charge in [0.2, 0.25) is 0 Å². The summed E-state index contributed by atoms with van der Waals surface area (Å²) in [5.41, 5.74) is 1.18. The van der Waals surface area contributed by atoms with Crippen molar-refractivity contribution in [3.63, 3.8) is 0 Å². The molecule has 1 aliphatic heterocycles. The van der Waals surface area contributed by atoms with Crippen molar-refractivity contribution in [2.24, 2.45) is 0 Å². The summed E-state index contributed by atoms with van der Waals surface area (Å²) in [6.07, 6.45) is 4.48. The molecule has 5 nitrogen and oxygen atoms in total. The van der Waals surface area contributed by atoms with E-state index in [0.717, 1.165) is 37.1 Å². The van der Waals surface area contributed by atoms with Gasteiger partial charge in [-0.1, -0.05) is 32.4 Å². The molecule has 1 aliphatic rings. The second kappa shape index (κ2) is 7.93. The molecular weight excluding hydrogens is 316 g/mol. The predicted octanol–water partition coefficient (Wildman–Crippen LogP) is 3.43. The molecule has 2 heterocycles. The summed E-state index contributed by atoms with van der Waals surface area (Å²) in [6, 6.07) is 7.60. The summed E-state index contributed by atoms with van der Waals surface area (Å²) in [6.45, 7) is 8.46. The van der Waals surface area contributed by atoms with Crippen molar-refractivity contribution in [3.8, 4) is 0 Å². The molecule has 1 saturated heterocycles. The highest BCUT2D eigenvalue weighted by Crippen LogP contribution is 2.30. The Balaban J connectivity index is 2.05. The summed E-state index contributed by atoms with van der Waals surface area (Å²) in [5.74, 6) is 0. The Labute approximate surface area is 148 Å². The van der Waals surface area contributed by atoms with Crippen molar-refractivity contribution >= 4 is 17.3 Å². The first-order valence-electron chi connectivity index (χ1n) is 9.19. The average Bonchev–Trinajstić information content (AvgIpc) is 2.65. The van der Waals surface area contributed by atoms with E-state index in [0.29, 0.717) is 11.9 Å². The summed E-state index contributed by atoms with van der Waals surface area (Å²) in [4.78, 5) is 27.8. The lowest BCUT2D eigenvalue weighted by atomic mass is 10.0. The highest BCUT2D eigenvalue weighted by molar-refractivity contribution is 5.84. The van der Waals surface area contributed by atoms with Gasteiger partial charge in [0, 0.05) is 5.39 Å². The van der Waals surface area contributed by atoms with Gasteiger partial charge < -0.3 is 4.42 Å². The number of carbonyl (C=O) groups is 1.